The summed E-state index contributed by atoms with van der Waals surface area (Å²) in [4.78, 5) is 4.51. The number of anilines is 1. The molecular formula is C21H17N5S. The van der Waals surface area contributed by atoms with Gasteiger partial charge in [-0.2, -0.15) is 5.10 Å². The highest BCUT2D eigenvalue weighted by Gasteiger charge is 2.04. The van der Waals surface area contributed by atoms with Gasteiger partial charge in [0.15, 0.2) is 10.6 Å². The van der Waals surface area contributed by atoms with Gasteiger partial charge >= 0.3 is 0 Å². The van der Waals surface area contributed by atoms with Gasteiger partial charge in [-0.1, -0.05) is 48.5 Å². The fraction of sp³-hybridized carbons (Fsp3) is 0. The van der Waals surface area contributed by atoms with E-state index in [-0.39, 0.29) is 0 Å². The number of aromatic nitrogens is 2. The van der Waals surface area contributed by atoms with E-state index in [0.717, 1.165) is 22.3 Å². The summed E-state index contributed by atoms with van der Waals surface area (Å²) >= 11 is 5.31. The summed E-state index contributed by atoms with van der Waals surface area (Å²) in [7, 11) is 0. The molecule has 6 heteroatoms. The van der Waals surface area contributed by atoms with Gasteiger partial charge < -0.3 is 9.88 Å². The number of benzene rings is 3. The van der Waals surface area contributed by atoms with E-state index in [9.17, 15) is 0 Å². The van der Waals surface area contributed by atoms with Crippen molar-refractivity contribution in [3.05, 3.63) is 96.7 Å². The molecule has 3 aromatic carbocycles. The van der Waals surface area contributed by atoms with Crippen LogP contribution in [0.2, 0.25) is 0 Å². The second kappa shape index (κ2) is 7.80. The van der Waals surface area contributed by atoms with Crippen molar-refractivity contribution in [3.8, 4) is 5.69 Å². The smallest absolute Gasteiger partial charge is 0.191 e. The molecule has 0 atom stereocenters. The van der Waals surface area contributed by atoms with E-state index in [0.29, 0.717) is 10.6 Å². The lowest BCUT2D eigenvalue weighted by Gasteiger charge is -2.11. The van der Waals surface area contributed by atoms with Gasteiger partial charge in [-0.05, 0) is 48.6 Å². The van der Waals surface area contributed by atoms with Crippen LogP contribution in [0.25, 0.3) is 16.6 Å². The van der Waals surface area contributed by atoms with Crippen LogP contribution in [0.3, 0.4) is 0 Å². The predicted molar refractivity (Wildman–Crippen MR) is 112 cm³/mol. The summed E-state index contributed by atoms with van der Waals surface area (Å²) < 4.78 is 2.04. The lowest BCUT2D eigenvalue weighted by atomic mass is 10.2. The quantitative estimate of drug-likeness (QED) is 0.425. The molecule has 4 rings (SSSR count). The molecule has 0 spiro atoms. The molecule has 0 bridgehead atoms. The van der Waals surface area contributed by atoms with Gasteiger partial charge in [0, 0.05) is 16.8 Å². The zero-order valence-corrected chi connectivity index (χ0v) is 15.2. The summed E-state index contributed by atoms with van der Waals surface area (Å²) in [5.74, 6) is 0. The Morgan fingerprint density at radius 3 is 2.30 bits per heavy atom. The predicted octanol–water partition coefficient (Wildman–Crippen LogP) is 3.83. The van der Waals surface area contributed by atoms with Crippen molar-refractivity contribution in [2.24, 2.45) is 5.10 Å². The highest BCUT2D eigenvalue weighted by Crippen LogP contribution is 2.14. The van der Waals surface area contributed by atoms with Crippen molar-refractivity contribution in [3.63, 3.8) is 0 Å². The first-order valence-corrected chi connectivity index (χ1v) is 8.90. The molecular weight excluding hydrogens is 354 g/mol. The molecule has 0 fully saturated rings. The molecule has 2 N–H and O–H groups in total. The SMILES string of the molecule is S=C(N/N=c1\ncn(-c2ccccc2)c2ccccc12)Nc1ccccc1. The van der Waals surface area contributed by atoms with Crippen molar-refractivity contribution < 1.29 is 0 Å². The van der Waals surface area contributed by atoms with E-state index in [1.807, 2.05) is 89.5 Å². The zero-order chi connectivity index (χ0) is 18.5. The first kappa shape index (κ1) is 16.9. The number of fused-ring (bicyclic) bond motifs is 1. The third-order valence-corrected chi connectivity index (χ3v) is 4.22. The van der Waals surface area contributed by atoms with Crippen molar-refractivity contribution in [1.82, 2.24) is 15.0 Å². The maximum absolute atomic E-state index is 5.31. The van der Waals surface area contributed by atoms with E-state index in [1.165, 1.54) is 0 Å². The van der Waals surface area contributed by atoms with Crippen molar-refractivity contribution in [2.75, 3.05) is 5.32 Å². The third kappa shape index (κ3) is 3.86. The van der Waals surface area contributed by atoms with Gasteiger partial charge in [0.2, 0.25) is 0 Å². The highest BCUT2D eigenvalue weighted by molar-refractivity contribution is 7.80. The monoisotopic (exact) mass is 371 g/mol. The Labute approximate surface area is 162 Å². The lowest BCUT2D eigenvalue weighted by molar-refractivity contribution is 0.916. The molecule has 4 aromatic rings. The van der Waals surface area contributed by atoms with Crippen molar-refractivity contribution >= 4 is 33.9 Å². The van der Waals surface area contributed by atoms with Crippen LogP contribution in [0, 0.1) is 0 Å². The third-order valence-electron chi connectivity index (χ3n) is 4.03. The number of nitrogens with zero attached hydrogens (tertiary/aromatic N) is 3. The fourth-order valence-corrected chi connectivity index (χ4v) is 2.95. The fourth-order valence-electron chi connectivity index (χ4n) is 2.78. The Morgan fingerprint density at radius 2 is 1.52 bits per heavy atom. The number of nitrogens with one attached hydrogen (secondary N) is 2. The highest BCUT2D eigenvalue weighted by atomic mass is 32.1. The molecule has 5 nitrogen and oxygen atoms in total. The normalized spacial score (nSPS) is 11.3. The van der Waals surface area contributed by atoms with Gasteiger partial charge in [-0.15, -0.1) is 0 Å². The summed E-state index contributed by atoms with van der Waals surface area (Å²) in [5.41, 5.74) is 6.41. The molecule has 27 heavy (non-hydrogen) atoms. The summed E-state index contributed by atoms with van der Waals surface area (Å²) in [6, 6.07) is 27.8. The number of hydrogen-bond donors (Lipinski definition) is 2. The zero-order valence-electron chi connectivity index (χ0n) is 14.4. The number of hydrogen-bond acceptors (Lipinski definition) is 3. The van der Waals surface area contributed by atoms with Crippen LogP contribution in [-0.2, 0) is 0 Å². The lowest BCUT2D eigenvalue weighted by Crippen LogP contribution is -2.27. The van der Waals surface area contributed by atoms with E-state index >= 15 is 0 Å². The van der Waals surface area contributed by atoms with Crippen LogP contribution in [-0.4, -0.2) is 14.7 Å². The molecule has 0 unspecified atom stereocenters. The Morgan fingerprint density at radius 1 is 0.852 bits per heavy atom. The summed E-state index contributed by atoms with van der Waals surface area (Å²) in [6.45, 7) is 0. The Balaban J connectivity index is 1.67. The van der Waals surface area contributed by atoms with Crippen LogP contribution in [0.5, 0.6) is 0 Å². The van der Waals surface area contributed by atoms with Crippen molar-refractivity contribution in [1.29, 1.82) is 0 Å². The molecule has 0 radical (unpaired) electrons. The number of thiocarbonyl (C=S) groups is 1. The van der Waals surface area contributed by atoms with E-state index in [4.69, 9.17) is 12.2 Å². The topological polar surface area (TPSA) is 54.2 Å². The van der Waals surface area contributed by atoms with Crippen LogP contribution >= 0.6 is 12.2 Å². The van der Waals surface area contributed by atoms with E-state index < -0.39 is 0 Å². The molecule has 1 aromatic heterocycles. The molecule has 0 amide bonds. The first-order valence-electron chi connectivity index (χ1n) is 8.49. The second-order valence-electron chi connectivity index (χ2n) is 5.83. The van der Waals surface area contributed by atoms with E-state index in [2.05, 4.69) is 20.8 Å². The van der Waals surface area contributed by atoms with Gasteiger partial charge in [0.05, 0.1) is 5.52 Å². The molecule has 132 valence electrons. The van der Waals surface area contributed by atoms with Crippen LogP contribution in [0.15, 0.2) is 96.4 Å². The minimum Gasteiger partial charge on any atom is -0.331 e. The standard InChI is InChI=1S/C21H17N5S/c27-21(23-16-9-3-1-4-10-16)25-24-20-18-13-7-8-14-19(18)26(15-22-20)17-11-5-2-6-12-17/h1-15H,(H2,23,25,27)/b24-20-. The summed E-state index contributed by atoms with van der Waals surface area (Å²) in [6.07, 6.45) is 1.77. The molecule has 0 aliphatic rings. The number of rotatable bonds is 3. The molecule has 0 aliphatic carbocycles. The van der Waals surface area contributed by atoms with Gasteiger partial charge in [-0.25, -0.2) is 4.98 Å². The van der Waals surface area contributed by atoms with E-state index in [1.54, 1.807) is 6.33 Å². The van der Waals surface area contributed by atoms with Gasteiger partial charge in [0.25, 0.3) is 0 Å². The average molecular weight is 371 g/mol. The van der Waals surface area contributed by atoms with Crippen LogP contribution in [0.1, 0.15) is 0 Å². The maximum atomic E-state index is 5.31. The molecule has 0 saturated carbocycles. The molecule has 1 heterocycles. The minimum atomic E-state index is 0.409. The van der Waals surface area contributed by atoms with Crippen LogP contribution < -0.4 is 16.2 Å². The van der Waals surface area contributed by atoms with Gasteiger partial charge in [0.1, 0.15) is 6.33 Å². The second-order valence-corrected chi connectivity index (χ2v) is 6.24. The average Bonchev–Trinajstić information content (AvgIpc) is 2.73. The van der Waals surface area contributed by atoms with Crippen LogP contribution in [0.4, 0.5) is 5.69 Å². The minimum absolute atomic E-state index is 0.409. The van der Waals surface area contributed by atoms with Crippen molar-refractivity contribution in [2.45, 2.75) is 0 Å². The maximum Gasteiger partial charge on any atom is 0.191 e. The summed E-state index contributed by atoms with van der Waals surface area (Å²) in [5, 5.41) is 8.82. The van der Waals surface area contributed by atoms with Gasteiger partial charge in [-0.3, -0.25) is 5.43 Å². The molecule has 0 saturated heterocycles. The Hall–Kier alpha value is -3.51. The number of para-hydroxylation sites is 3. The Kier molecular flexibility index (Phi) is 4.89. The largest absolute Gasteiger partial charge is 0.331 e. The first-order chi connectivity index (χ1) is 13.3. The molecule has 0 aliphatic heterocycles. The Bertz CT molecular complexity index is 1140.